The van der Waals surface area contributed by atoms with Crippen molar-refractivity contribution in [3.63, 3.8) is 0 Å². The van der Waals surface area contributed by atoms with E-state index in [0.29, 0.717) is 54.9 Å². The summed E-state index contributed by atoms with van der Waals surface area (Å²) in [5.41, 5.74) is -1.29. The summed E-state index contributed by atoms with van der Waals surface area (Å²) in [6, 6.07) is 18.9. The summed E-state index contributed by atoms with van der Waals surface area (Å²) in [6.45, 7) is 4.68. The van der Waals surface area contributed by atoms with E-state index in [2.05, 4.69) is 37.4 Å². The van der Waals surface area contributed by atoms with Crippen LogP contribution in [0.1, 0.15) is 69.9 Å². The van der Waals surface area contributed by atoms with Gasteiger partial charge in [-0.25, -0.2) is 9.18 Å². The first-order valence-electron chi connectivity index (χ1n) is 19.8. The number of methoxy groups -OCH3 is 2. The summed E-state index contributed by atoms with van der Waals surface area (Å²) in [4.78, 5) is 30.8. The van der Waals surface area contributed by atoms with Gasteiger partial charge in [-0.15, -0.1) is 0 Å². The number of aliphatic hydroxyl groups is 2. The highest BCUT2D eigenvalue weighted by Crippen LogP contribution is 2.78. The SMILES string of the molecule is COc1ccc(CN(C[C@]2(O)CC[C@H]3[C@]45C=C[C@@]6(C=C4C(=O)Cc4c(F)cccc4Cl)CC(O)CC[C@]6(C)[C@H]5CC[C@@]32C)C(=O)Nc2ccccc2)c(OC)c1. The van der Waals surface area contributed by atoms with Crippen LogP contribution in [0.5, 0.6) is 11.5 Å². The summed E-state index contributed by atoms with van der Waals surface area (Å²) in [7, 11) is 3.17. The maximum absolute atomic E-state index is 15.2. The van der Waals surface area contributed by atoms with Gasteiger partial charge in [0.1, 0.15) is 17.3 Å². The molecule has 1 unspecified atom stereocenters. The van der Waals surface area contributed by atoms with Gasteiger partial charge in [0.15, 0.2) is 5.78 Å². The highest BCUT2D eigenvalue weighted by molar-refractivity contribution is 6.31. The number of hydrogen-bond acceptors (Lipinski definition) is 6. The Morgan fingerprint density at radius 2 is 1.66 bits per heavy atom. The lowest BCUT2D eigenvalue weighted by Gasteiger charge is -2.71. The number of carbonyl (C=O) groups excluding carboxylic acids is 2. The Labute approximate surface area is 333 Å². The predicted molar refractivity (Wildman–Crippen MR) is 214 cm³/mol. The molecule has 2 bridgehead atoms. The minimum Gasteiger partial charge on any atom is -0.497 e. The molecule has 0 heterocycles. The molecule has 3 fully saturated rings. The van der Waals surface area contributed by atoms with Gasteiger partial charge in [-0.3, -0.25) is 4.79 Å². The fraction of sp³-hybridized carbons (Fsp3) is 0.478. The van der Waals surface area contributed by atoms with Crippen molar-refractivity contribution >= 4 is 29.1 Å². The number of halogens is 2. The zero-order valence-corrected chi connectivity index (χ0v) is 33.4. The van der Waals surface area contributed by atoms with E-state index in [1.165, 1.54) is 6.07 Å². The molecule has 8 atom stereocenters. The van der Waals surface area contributed by atoms with Crippen LogP contribution >= 0.6 is 11.6 Å². The Morgan fingerprint density at radius 1 is 0.929 bits per heavy atom. The predicted octanol–water partition coefficient (Wildman–Crippen LogP) is 8.93. The Morgan fingerprint density at radius 3 is 2.39 bits per heavy atom. The van der Waals surface area contributed by atoms with Crippen molar-refractivity contribution in [1.82, 2.24) is 4.90 Å². The van der Waals surface area contributed by atoms with Crippen LogP contribution in [-0.2, 0) is 17.8 Å². The zero-order chi connectivity index (χ0) is 39.7. The van der Waals surface area contributed by atoms with E-state index < -0.39 is 33.8 Å². The molecule has 2 amide bonds. The average Bonchev–Trinajstić information content (AvgIpc) is 3.46. The van der Waals surface area contributed by atoms with Crippen molar-refractivity contribution in [1.29, 1.82) is 0 Å². The summed E-state index contributed by atoms with van der Waals surface area (Å²) in [5, 5.41) is 27.5. The van der Waals surface area contributed by atoms with Gasteiger partial charge in [0.25, 0.3) is 0 Å². The third-order valence-electron chi connectivity index (χ3n) is 15.0. The van der Waals surface area contributed by atoms with Crippen molar-refractivity contribution in [2.24, 2.45) is 33.5 Å². The number of benzene rings is 3. The lowest BCUT2D eigenvalue weighted by atomic mass is 9.32. The molecule has 296 valence electrons. The number of ether oxygens (including phenoxy) is 2. The number of nitrogens with one attached hydrogen (secondary N) is 1. The Hall–Kier alpha value is -4.18. The van der Waals surface area contributed by atoms with Gasteiger partial charge in [-0.1, -0.05) is 67.9 Å². The lowest BCUT2D eigenvalue weighted by molar-refractivity contribution is -0.177. The topological polar surface area (TPSA) is 108 Å². The van der Waals surface area contributed by atoms with Crippen LogP contribution in [0, 0.1) is 39.3 Å². The molecule has 10 heteroatoms. The van der Waals surface area contributed by atoms with E-state index in [-0.39, 0.29) is 59.2 Å². The minimum atomic E-state index is -1.32. The quantitative estimate of drug-likeness (QED) is 0.177. The van der Waals surface area contributed by atoms with E-state index >= 15 is 4.39 Å². The van der Waals surface area contributed by atoms with Crippen LogP contribution in [0.15, 0.2) is 90.5 Å². The molecule has 0 aromatic heterocycles. The van der Waals surface area contributed by atoms with Gasteiger partial charge >= 0.3 is 6.03 Å². The number of ketones is 1. The van der Waals surface area contributed by atoms with Crippen molar-refractivity contribution in [3.05, 3.63) is 112 Å². The molecule has 0 saturated heterocycles. The van der Waals surface area contributed by atoms with Crippen LogP contribution in [0.4, 0.5) is 14.9 Å². The van der Waals surface area contributed by atoms with Gasteiger partial charge in [0.05, 0.1) is 39.0 Å². The Balaban J connectivity index is 1.19. The standard InChI is InChI=1S/C46H52ClFN2O6/c1-42-18-15-31(51)25-44(42)21-22-46(34(26-44)37(52)24-33-35(47)11-8-12-36(33)48)39(42)16-19-43(2)40(46)17-20-45(43,54)28-50(41(53)49-30-9-6-5-7-10-30)27-29-13-14-32(55-3)23-38(29)56-4/h5-14,21-23,26,31,39-40,51,54H,15-20,24-25,27-28H2,1-4H3,(H,49,53)/t31?,39-,40-,42-,43+,44+,45-,46-/m1/s1. The molecule has 3 N–H and O–H groups in total. The molecule has 56 heavy (non-hydrogen) atoms. The van der Waals surface area contributed by atoms with Gasteiger partial charge in [0, 0.05) is 56.1 Å². The number of nitrogens with zero attached hydrogens (tertiary/aromatic N) is 1. The van der Waals surface area contributed by atoms with E-state index in [4.69, 9.17) is 21.1 Å². The molecule has 6 aliphatic carbocycles. The minimum absolute atomic E-state index is 0.0452. The molecule has 6 aliphatic rings. The molecule has 2 spiro atoms. The zero-order valence-electron chi connectivity index (χ0n) is 32.6. The highest BCUT2D eigenvalue weighted by Gasteiger charge is 2.74. The molecule has 3 aromatic rings. The van der Waals surface area contributed by atoms with Crippen molar-refractivity contribution in [3.8, 4) is 11.5 Å². The first-order chi connectivity index (χ1) is 26.7. The average molecular weight is 783 g/mol. The number of Topliss-reactive ketones (excluding diaryl/α,β-unsaturated/α-hetero) is 1. The monoisotopic (exact) mass is 782 g/mol. The number of para-hydroxylation sites is 1. The van der Waals surface area contributed by atoms with Crippen LogP contribution < -0.4 is 14.8 Å². The number of fused-ring (bicyclic) bond motifs is 1. The number of rotatable bonds is 10. The fourth-order valence-electron chi connectivity index (χ4n) is 12.0. The van der Waals surface area contributed by atoms with Crippen molar-refractivity contribution < 1.29 is 33.7 Å². The van der Waals surface area contributed by atoms with Crippen LogP contribution in [0.25, 0.3) is 0 Å². The maximum Gasteiger partial charge on any atom is 0.322 e. The van der Waals surface area contributed by atoms with E-state index in [1.54, 1.807) is 37.3 Å². The van der Waals surface area contributed by atoms with Gasteiger partial charge in [-0.05, 0) is 98.6 Å². The largest absolute Gasteiger partial charge is 0.497 e. The second kappa shape index (κ2) is 14.0. The Bertz CT molecular complexity index is 2090. The summed E-state index contributed by atoms with van der Waals surface area (Å²) in [6.07, 6.45) is 10.5. The molecule has 0 radical (unpaired) electrons. The van der Waals surface area contributed by atoms with E-state index in [9.17, 15) is 19.8 Å². The van der Waals surface area contributed by atoms with Gasteiger partial charge < -0.3 is 29.9 Å². The molecule has 3 aromatic carbocycles. The molecular weight excluding hydrogens is 731 g/mol. The van der Waals surface area contributed by atoms with Crippen LogP contribution in [0.3, 0.4) is 0 Å². The normalized spacial score (nSPS) is 33.8. The molecule has 3 saturated carbocycles. The highest BCUT2D eigenvalue weighted by atomic mass is 35.5. The number of anilines is 1. The maximum atomic E-state index is 15.2. The summed E-state index contributed by atoms with van der Waals surface area (Å²) >= 11 is 6.50. The fourth-order valence-corrected chi connectivity index (χ4v) is 12.3. The third kappa shape index (κ3) is 5.82. The van der Waals surface area contributed by atoms with Crippen LogP contribution in [0.2, 0.25) is 5.02 Å². The first-order valence-corrected chi connectivity index (χ1v) is 20.2. The number of amides is 2. The smallest absolute Gasteiger partial charge is 0.322 e. The second-order valence-electron chi connectivity index (χ2n) is 17.4. The molecular formula is C46H52ClFN2O6. The number of urea groups is 1. The number of allylic oxidation sites excluding steroid dienone is 4. The number of aliphatic hydroxyl groups excluding tert-OH is 1. The lowest BCUT2D eigenvalue weighted by Crippen LogP contribution is -2.67. The van der Waals surface area contributed by atoms with Crippen LogP contribution in [-0.4, -0.2) is 59.4 Å². The van der Waals surface area contributed by atoms with Crippen molar-refractivity contribution in [2.75, 3.05) is 26.1 Å². The summed E-state index contributed by atoms with van der Waals surface area (Å²) < 4.78 is 26.4. The molecule has 0 aliphatic heterocycles. The Kier molecular flexibility index (Phi) is 9.69. The molecule has 9 rings (SSSR count). The summed E-state index contributed by atoms with van der Waals surface area (Å²) in [5.74, 6) is 0.408. The molecule has 8 nitrogen and oxygen atoms in total. The van der Waals surface area contributed by atoms with E-state index in [1.807, 2.05) is 42.5 Å². The van der Waals surface area contributed by atoms with E-state index in [0.717, 1.165) is 18.4 Å². The van der Waals surface area contributed by atoms with Crippen molar-refractivity contribution in [2.45, 2.75) is 83.5 Å². The third-order valence-corrected chi connectivity index (χ3v) is 15.4. The number of carbonyl (C=O) groups is 2. The number of hydrogen-bond donors (Lipinski definition) is 3. The second-order valence-corrected chi connectivity index (χ2v) is 17.8. The van der Waals surface area contributed by atoms with Gasteiger partial charge in [0.2, 0.25) is 0 Å². The first kappa shape index (κ1) is 38.7. The van der Waals surface area contributed by atoms with Gasteiger partial charge in [-0.2, -0.15) is 0 Å².